The van der Waals surface area contributed by atoms with Gasteiger partial charge in [0.05, 0.1) is 11.4 Å². The molecule has 3 nitrogen and oxygen atoms in total. The first kappa shape index (κ1) is 10.2. The van der Waals surface area contributed by atoms with Crippen molar-refractivity contribution in [3.8, 4) is 6.07 Å². The van der Waals surface area contributed by atoms with Gasteiger partial charge in [0.1, 0.15) is 11.6 Å². The van der Waals surface area contributed by atoms with E-state index in [0.717, 1.165) is 5.70 Å². The summed E-state index contributed by atoms with van der Waals surface area (Å²) in [7, 11) is 1.91. The lowest BCUT2D eigenvalue weighted by Crippen LogP contribution is -2.12. The van der Waals surface area contributed by atoms with Crippen LogP contribution in [0.25, 0.3) is 5.57 Å². The van der Waals surface area contributed by atoms with Gasteiger partial charge in [0.25, 0.3) is 0 Å². The van der Waals surface area contributed by atoms with E-state index in [9.17, 15) is 5.26 Å². The Labute approximate surface area is 94.6 Å². The molecule has 16 heavy (non-hydrogen) atoms. The largest absolute Gasteiger partial charge is 0.350 e. The van der Waals surface area contributed by atoms with Gasteiger partial charge in [-0.1, -0.05) is 12.1 Å². The van der Waals surface area contributed by atoms with Gasteiger partial charge in [-0.3, -0.25) is 4.98 Å². The standard InChI is InChI=1S/C13H11N3/c1-16-9-5-3-7-13(16)11(10-14)12-6-2-4-8-15-12/h2-9H,1H3/b13-11+. The maximum absolute atomic E-state index is 9.22. The fourth-order valence-corrected chi connectivity index (χ4v) is 1.54. The summed E-state index contributed by atoms with van der Waals surface area (Å²) in [6.45, 7) is 0. The molecule has 0 N–H and O–H groups in total. The minimum Gasteiger partial charge on any atom is -0.350 e. The second-order valence-corrected chi connectivity index (χ2v) is 3.40. The van der Waals surface area contributed by atoms with Crippen LogP contribution in [0.1, 0.15) is 5.69 Å². The number of aromatic nitrogens is 1. The highest BCUT2D eigenvalue weighted by Crippen LogP contribution is 2.21. The van der Waals surface area contributed by atoms with Crippen LogP contribution in [0.3, 0.4) is 0 Å². The van der Waals surface area contributed by atoms with Gasteiger partial charge in [-0.2, -0.15) is 5.26 Å². The van der Waals surface area contributed by atoms with Crippen LogP contribution in [0.4, 0.5) is 0 Å². The van der Waals surface area contributed by atoms with E-state index in [2.05, 4.69) is 11.1 Å². The summed E-state index contributed by atoms with van der Waals surface area (Å²) in [5, 5.41) is 9.22. The smallest absolute Gasteiger partial charge is 0.104 e. The number of nitriles is 1. The molecule has 0 saturated carbocycles. The number of nitrogens with zero attached hydrogens (tertiary/aromatic N) is 3. The van der Waals surface area contributed by atoms with Crippen LogP contribution in [0.15, 0.2) is 54.5 Å². The van der Waals surface area contributed by atoms with Gasteiger partial charge in [0, 0.05) is 19.4 Å². The van der Waals surface area contributed by atoms with Crippen molar-refractivity contribution >= 4 is 5.57 Å². The van der Waals surface area contributed by atoms with Crippen molar-refractivity contribution in [3.63, 3.8) is 0 Å². The zero-order valence-electron chi connectivity index (χ0n) is 8.96. The molecule has 0 aliphatic carbocycles. The molecule has 1 aliphatic rings. The predicted molar refractivity (Wildman–Crippen MR) is 62.8 cm³/mol. The van der Waals surface area contributed by atoms with Gasteiger partial charge < -0.3 is 4.90 Å². The number of rotatable bonds is 1. The topological polar surface area (TPSA) is 39.9 Å². The first-order valence-electron chi connectivity index (χ1n) is 4.96. The average Bonchev–Trinajstić information content (AvgIpc) is 2.34. The molecule has 2 rings (SSSR count). The lowest BCUT2D eigenvalue weighted by atomic mass is 10.1. The Kier molecular flexibility index (Phi) is 2.84. The number of likely N-dealkylation sites (N-methyl/N-ethyl adjacent to an activating group) is 1. The Hall–Kier alpha value is -2.34. The van der Waals surface area contributed by atoms with Crippen molar-refractivity contribution < 1.29 is 0 Å². The molecule has 0 atom stereocenters. The molecule has 2 heterocycles. The van der Waals surface area contributed by atoms with E-state index in [4.69, 9.17) is 0 Å². The van der Waals surface area contributed by atoms with Crippen LogP contribution in [0, 0.1) is 11.3 Å². The molecule has 1 aromatic heterocycles. The van der Waals surface area contributed by atoms with Gasteiger partial charge in [-0.05, 0) is 24.3 Å². The third-order valence-electron chi connectivity index (χ3n) is 2.34. The molecule has 0 aromatic carbocycles. The van der Waals surface area contributed by atoms with Crippen LogP contribution < -0.4 is 0 Å². The molecule has 0 spiro atoms. The monoisotopic (exact) mass is 209 g/mol. The molecular formula is C13H11N3. The maximum Gasteiger partial charge on any atom is 0.104 e. The van der Waals surface area contributed by atoms with E-state index in [1.54, 1.807) is 6.20 Å². The van der Waals surface area contributed by atoms with Crippen molar-refractivity contribution in [2.45, 2.75) is 0 Å². The lowest BCUT2D eigenvalue weighted by Gasteiger charge is -2.19. The number of allylic oxidation sites excluding steroid dienone is 4. The highest BCUT2D eigenvalue weighted by molar-refractivity contribution is 5.79. The Balaban J connectivity index is 2.52. The molecule has 1 aliphatic heterocycles. The summed E-state index contributed by atoms with van der Waals surface area (Å²) >= 11 is 0. The first-order chi connectivity index (χ1) is 7.83. The zero-order chi connectivity index (χ0) is 11.4. The molecule has 3 heteroatoms. The van der Waals surface area contributed by atoms with Crippen molar-refractivity contribution in [2.75, 3.05) is 7.05 Å². The summed E-state index contributed by atoms with van der Waals surface area (Å²) in [4.78, 5) is 6.10. The minimum atomic E-state index is 0.587. The highest BCUT2D eigenvalue weighted by Gasteiger charge is 2.11. The predicted octanol–water partition coefficient (Wildman–Crippen LogP) is 2.33. The molecule has 0 unspecified atom stereocenters. The fraction of sp³-hybridized carbons (Fsp3) is 0.0769. The Bertz CT molecular complexity index is 504. The third kappa shape index (κ3) is 1.86. The molecule has 78 valence electrons. The zero-order valence-corrected chi connectivity index (χ0v) is 8.96. The first-order valence-corrected chi connectivity index (χ1v) is 4.96. The fourth-order valence-electron chi connectivity index (χ4n) is 1.54. The lowest BCUT2D eigenvalue weighted by molar-refractivity contribution is 0.587. The van der Waals surface area contributed by atoms with Gasteiger partial charge in [-0.25, -0.2) is 0 Å². The Morgan fingerprint density at radius 3 is 2.88 bits per heavy atom. The minimum absolute atomic E-state index is 0.587. The molecule has 0 fully saturated rings. The summed E-state index contributed by atoms with van der Waals surface area (Å²) in [6.07, 6.45) is 9.35. The molecule has 0 saturated heterocycles. The van der Waals surface area contributed by atoms with Crippen LogP contribution in [-0.2, 0) is 0 Å². The summed E-state index contributed by atoms with van der Waals surface area (Å²) < 4.78 is 0. The van der Waals surface area contributed by atoms with Crippen LogP contribution in [0.2, 0.25) is 0 Å². The van der Waals surface area contributed by atoms with E-state index >= 15 is 0 Å². The van der Waals surface area contributed by atoms with Crippen molar-refractivity contribution in [1.29, 1.82) is 5.26 Å². The molecule has 0 radical (unpaired) electrons. The number of hydrogen-bond acceptors (Lipinski definition) is 3. The van der Waals surface area contributed by atoms with Gasteiger partial charge in [-0.15, -0.1) is 0 Å². The Morgan fingerprint density at radius 2 is 2.25 bits per heavy atom. The SMILES string of the molecule is CN1C=CC=C/C1=C(/C#N)c1ccccn1. The summed E-state index contributed by atoms with van der Waals surface area (Å²) in [5.74, 6) is 0. The van der Waals surface area contributed by atoms with Gasteiger partial charge in [0.2, 0.25) is 0 Å². The molecule has 1 aromatic rings. The average molecular weight is 209 g/mol. The Morgan fingerprint density at radius 1 is 1.38 bits per heavy atom. The van der Waals surface area contributed by atoms with Crippen molar-refractivity contribution in [3.05, 3.63) is 60.2 Å². The quantitative estimate of drug-likeness (QED) is 0.666. The molecular weight excluding hydrogens is 198 g/mol. The maximum atomic E-state index is 9.22. The summed E-state index contributed by atoms with van der Waals surface area (Å²) in [6, 6.07) is 7.76. The van der Waals surface area contributed by atoms with Crippen LogP contribution >= 0.6 is 0 Å². The van der Waals surface area contributed by atoms with E-state index in [1.165, 1.54) is 0 Å². The number of hydrogen-bond donors (Lipinski definition) is 0. The van der Waals surface area contributed by atoms with E-state index in [-0.39, 0.29) is 0 Å². The normalized spacial score (nSPS) is 17.1. The van der Waals surface area contributed by atoms with Gasteiger partial charge in [0.15, 0.2) is 0 Å². The van der Waals surface area contributed by atoms with Crippen molar-refractivity contribution in [1.82, 2.24) is 9.88 Å². The number of pyridine rings is 1. The third-order valence-corrected chi connectivity index (χ3v) is 2.34. The van der Waals surface area contributed by atoms with Crippen LogP contribution in [0.5, 0.6) is 0 Å². The molecule has 0 amide bonds. The second-order valence-electron chi connectivity index (χ2n) is 3.40. The van der Waals surface area contributed by atoms with Gasteiger partial charge >= 0.3 is 0 Å². The summed E-state index contributed by atoms with van der Waals surface area (Å²) in [5.41, 5.74) is 2.15. The molecule has 0 bridgehead atoms. The van der Waals surface area contributed by atoms with E-state index in [1.807, 2.05) is 54.6 Å². The van der Waals surface area contributed by atoms with Crippen molar-refractivity contribution in [2.24, 2.45) is 0 Å². The van der Waals surface area contributed by atoms with Crippen LogP contribution in [-0.4, -0.2) is 16.9 Å². The second kappa shape index (κ2) is 4.45. The van der Waals surface area contributed by atoms with E-state index < -0.39 is 0 Å². The highest BCUT2D eigenvalue weighted by atomic mass is 15.1. The van der Waals surface area contributed by atoms with E-state index in [0.29, 0.717) is 11.3 Å².